The molecule has 2 aliphatic carbocycles. The predicted octanol–water partition coefficient (Wildman–Crippen LogP) is 13.4. The van der Waals surface area contributed by atoms with Gasteiger partial charge in [-0.3, -0.25) is 0 Å². The number of pyridine rings is 1. The summed E-state index contributed by atoms with van der Waals surface area (Å²) in [7, 11) is 0. The summed E-state index contributed by atoms with van der Waals surface area (Å²) in [5.41, 5.74) is 15.8. The van der Waals surface area contributed by atoms with E-state index >= 15 is 0 Å². The van der Waals surface area contributed by atoms with E-state index in [4.69, 9.17) is 4.98 Å². The molecule has 0 amide bonds. The van der Waals surface area contributed by atoms with E-state index < -0.39 is 5.41 Å². The second-order valence-corrected chi connectivity index (χ2v) is 15.2. The van der Waals surface area contributed by atoms with Crippen LogP contribution in [-0.2, 0) is 5.41 Å². The molecule has 0 unspecified atom stereocenters. The Kier molecular flexibility index (Phi) is 5.65. The second kappa shape index (κ2) is 10.4. The monoisotopic (exact) mass is 675 g/mol. The quantitative estimate of drug-likeness (QED) is 0.166. The highest BCUT2D eigenvalue weighted by atomic mass is 32.1. The molecule has 12 rings (SSSR count). The Balaban J connectivity index is 1.20. The number of para-hydroxylation sites is 1. The molecule has 0 atom stereocenters. The summed E-state index contributed by atoms with van der Waals surface area (Å²) in [5.74, 6) is 0. The first-order valence-corrected chi connectivity index (χ1v) is 18.8. The molecule has 0 saturated carbocycles. The molecule has 1 spiro atoms. The predicted molar refractivity (Wildman–Crippen MR) is 219 cm³/mol. The van der Waals surface area contributed by atoms with Gasteiger partial charge in [0.05, 0.1) is 16.6 Å². The van der Waals surface area contributed by atoms with Crippen LogP contribution in [0.2, 0.25) is 0 Å². The first-order valence-electron chi connectivity index (χ1n) is 18.0. The first-order chi connectivity index (χ1) is 25.8. The van der Waals surface area contributed by atoms with E-state index in [-0.39, 0.29) is 0 Å². The topological polar surface area (TPSA) is 12.9 Å². The minimum Gasteiger partial charge on any atom is -0.246 e. The molecule has 0 fully saturated rings. The van der Waals surface area contributed by atoms with Gasteiger partial charge in [-0.05, 0) is 68.3 Å². The molecule has 240 valence electrons. The second-order valence-electron chi connectivity index (χ2n) is 14.1. The van der Waals surface area contributed by atoms with Crippen molar-refractivity contribution in [2.75, 3.05) is 0 Å². The van der Waals surface area contributed by atoms with Crippen LogP contribution in [0.5, 0.6) is 0 Å². The number of rotatable bonds is 2. The van der Waals surface area contributed by atoms with Crippen LogP contribution in [-0.4, -0.2) is 4.98 Å². The van der Waals surface area contributed by atoms with Crippen LogP contribution in [0.4, 0.5) is 0 Å². The number of aromatic nitrogens is 1. The van der Waals surface area contributed by atoms with Gasteiger partial charge in [-0.25, -0.2) is 4.98 Å². The third kappa shape index (κ3) is 3.55. The fraction of sp³-hybridized carbons (Fsp3) is 0.0200. The van der Waals surface area contributed by atoms with Crippen molar-refractivity contribution in [3.05, 3.63) is 198 Å². The molecule has 8 aromatic carbocycles. The summed E-state index contributed by atoms with van der Waals surface area (Å²) in [6, 6.07) is 65.2. The lowest BCUT2D eigenvalue weighted by atomic mass is 9.70. The van der Waals surface area contributed by atoms with Crippen molar-refractivity contribution in [1.29, 1.82) is 0 Å². The van der Waals surface area contributed by atoms with E-state index in [0.29, 0.717) is 0 Å². The summed E-state index contributed by atoms with van der Waals surface area (Å²) in [6.07, 6.45) is 0. The summed E-state index contributed by atoms with van der Waals surface area (Å²) >= 11 is 1.87. The van der Waals surface area contributed by atoms with Crippen LogP contribution in [0.25, 0.3) is 86.5 Å². The highest BCUT2D eigenvalue weighted by molar-refractivity contribution is 7.26. The lowest BCUT2D eigenvalue weighted by Crippen LogP contribution is -2.25. The molecular weight excluding hydrogens is 647 g/mol. The number of fused-ring (bicyclic) bond motifs is 17. The average molecular weight is 676 g/mol. The van der Waals surface area contributed by atoms with Gasteiger partial charge in [-0.15, -0.1) is 11.3 Å². The first kappa shape index (κ1) is 28.4. The molecule has 0 bridgehead atoms. The normalized spacial score (nSPS) is 13.5. The summed E-state index contributed by atoms with van der Waals surface area (Å²) < 4.78 is 2.62. The van der Waals surface area contributed by atoms with Gasteiger partial charge in [0.25, 0.3) is 0 Å². The zero-order valence-electron chi connectivity index (χ0n) is 28.1. The van der Waals surface area contributed by atoms with Crippen molar-refractivity contribution in [2.45, 2.75) is 5.41 Å². The fourth-order valence-corrected chi connectivity index (χ4v) is 10.8. The van der Waals surface area contributed by atoms with E-state index in [2.05, 4.69) is 176 Å². The van der Waals surface area contributed by atoms with Crippen LogP contribution in [0.3, 0.4) is 0 Å². The molecule has 0 radical (unpaired) electrons. The molecule has 0 N–H and O–H groups in total. The molecule has 0 saturated heterocycles. The van der Waals surface area contributed by atoms with Gasteiger partial charge in [0.2, 0.25) is 0 Å². The summed E-state index contributed by atoms with van der Waals surface area (Å²) in [4.78, 5) is 5.62. The molecule has 2 aromatic heterocycles. The number of nitrogens with zero attached hydrogens (tertiary/aromatic N) is 1. The van der Waals surface area contributed by atoms with Crippen LogP contribution in [0.1, 0.15) is 22.3 Å². The molecule has 2 heteroatoms. The van der Waals surface area contributed by atoms with Gasteiger partial charge in [-0.2, -0.15) is 0 Å². The average Bonchev–Trinajstić information content (AvgIpc) is 3.84. The zero-order chi connectivity index (χ0) is 34.0. The number of hydrogen-bond donors (Lipinski definition) is 0. The van der Waals surface area contributed by atoms with Crippen molar-refractivity contribution >= 4 is 53.2 Å². The minimum atomic E-state index is -0.392. The van der Waals surface area contributed by atoms with E-state index in [9.17, 15) is 0 Å². The zero-order valence-corrected chi connectivity index (χ0v) is 28.9. The molecule has 52 heavy (non-hydrogen) atoms. The van der Waals surface area contributed by atoms with E-state index in [1.165, 1.54) is 86.4 Å². The largest absolute Gasteiger partial charge is 0.246 e. The Hall–Kier alpha value is -6.35. The molecule has 2 aliphatic rings. The minimum absolute atomic E-state index is 0.392. The lowest BCUT2D eigenvalue weighted by molar-refractivity contribution is 0.794. The van der Waals surface area contributed by atoms with Crippen LogP contribution < -0.4 is 0 Å². The highest BCUT2D eigenvalue weighted by Crippen LogP contribution is 2.63. The lowest BCUT2D eigenvalue weighted by Gasteiger charge is -2.30. The van der Waals surface area contributed by atoms with E-state index in [0.717, 1.165) is 22.3 Å². The van der Waals surface area contributed by atoms with Gasteiger partial charge in [-0.1, -0.05) is 158 Å². The highest BCUT2D eigenvalue weighted by Gasteiger charge is 2.51. The maximum absolute atomic E-state index is 5.62. The molecule has 2 heterocycles. The summed E-state index contributed by atoms with van der Waals surface area (Å²) in [6.45, 7) is 0. The third-order valence-corrected chi connectivity index (χ3v) is 12.8. The van der Waals surface area contributed by atoms with Crippen molar-refractivity contribution < 1.29 is 0 Å². The van der Waals surface area contributed by atoms with Crippen molar-refractivity contribution in [3.63, 3.8) is 0 Å². The Bertz CT molecular complexity index is 3070. The van der Waals surface area contributed by atoms with Gasteiger partial charge in [0.1, 0.15) is 0 Å². The van der Waals surface area contributed by atoms with Crippen LogP contribution in [0, 0.1) is 0 Å². The van der Waals surface area contributed by atoms with Crippen molar-refractivity contribution in [3.8, 4) is 44.6 Å². The van der Waals surface area contributed by atoms with E-state index in [1.54, 1.807) is 0 Å². The Morgan fingerprint density at radius 2 is 0.962 bits per heavy atom. The van der Waals surface area contributed by atoms with Crippen molar-refractivity contribution in [1.82, 2.24) is 4.98 Å². The Morgan fingerprint density at radius 1 is 0.365 bits per heavy atom. The van der Waals surface area contributed by atoms with Gasteiger partial charge in [0, 0.05) is 47.5 Å². The smallest absolute Gasteiger partial charge is 0.0794 e. The third-order valence-electron chi connectivity index (χ3n) is 11.7. The Morgan fingerprint density at radius 3 is 1.69 bits per heavy atom. The fourth-order valence-electron chi connectivity index (χ4n) is 9.64. The summed E-state index contributed by atoms with van der Waals surface area (Å²) in [5, 5.41) is 6.29. The molecule has 0 aliphatic heterocycles. The van der Waals surface area contributed by atoms with E-state index in [1.807, 2.05) is 11.3 Å². The SMILES string of the molecule is c1ccc(-c2nc3c(-c4ccc5c(c4)C4(c6ccccc6-c6ccccc64)c4ccccc4-5)cccc3c3c2ccc2sc4ccccc4c23)cc1. The van der Waals surface area contributed by atoms with Crippen LogP contribution >= 0.6 is 11.3 Å². The number of benzene rings is 8. The van der Waals surface area contributed by atoms with Crippen LogP contribution in [0.15, 0.2) is 176 Å². The molecule has 1 nitrogen and oxygen atoms in total. The number of thiophene rings is 1. The van der Waals surface area contributed by atoms with Gasteiger partial charge in [0.15, 0.2) is 0 Å². The van der Waals surface area contributed by atoms with Gasteiger partial charge < -0.3 is 0 Å². The molecule has 10 aromatic rings. The van der Waals surface area contributed by atoms with Gasteiger partial charge >= 0.3 is 0 Å². The van der Waals surface area contributed by atoms with Crippen molar-refractivity contribution in [2.24, 2.45) is 0 Å². The molecular formula is C50H29NS. The number of hydrogen-bond acceptors (Lipinski definition) is 2. The maximum atomic E-state index is 5.62. The standard InChI is InChI=1S/C50H29NS/c1-2-13-30(14-3-1)48-39-27-28-45-47(37-18-7-11-24-44(37)52-45)46(39)38-20-12-19-32(49(38)51-48)31-25-26-36-35-17-6-10-23-42(35)50(43(36)29-31)40-21-8-4-15-33(40)34-16-5-9-22-41(34)50/h1-29H. The Labute approximate surface area is 305 Å². The maximum Gasteiger partial charge on any atom is 0.0794 e.